The second kappa shape index (κ2) is 34.4. The summed E-state index contributed by atoms with van der Waals surface area (Å²) >= 11 is 0. The average Bonchev–Trinajstić information content (AvgIpc) is 1.62. The van der Waals surface area contributed by atoms with Crippen molar-refractivity contribution < 1.29 is 72.1 Å². The third kappa shape index (κ3) is 22.8. The van der Waals surface area contributed by atoms with Crippen LogP contribution in [0.1, 0.15) is 103 Å². The number of hydrazine groups is 1. The molecule has 0 unspecified atom stereocenters. The van der Waals surface area contributed by atoms with Crippen LogP contribution in [0.4, 0.5) is 4.79 Å². The van der Waals surface area contributed by atoms with Crippen LogP contribution in [0.15, 0.2) is 72.2 Å². The van der Waals surface area contributed by atoms with E-state index in [2.05, 4.69) is 67.9 Å². The molecule has 2 aliphatic rings. The minimum Gasteiger partial charge on any atom is -0.508 e. The van der Waals surface area contributed by atoms with Crippen LogP contribution >= 0.6 is 0 Å². The molecule has 9 atom stereocenters. The Kier molecular flexibility index (Phi) is 26.6. The number of phenolic OH excluding ortho intramolecular Hbond substituents is 1. The summed E-state index contributed by atoms with van der Waals surface area (Å²) in [4.78, 5) is 181. The van der Waals surface area contributed by atoms with Gasteiger partial charge in [-0.1, -0.05) is 44.2 Å². The average molecular weight is 1310 g/mol. The van der Waals surface area contributed by atoms with Gasteiger partial charge in [-0.15, -0.1) is 0 Å². The van der Waals surface area contributed by atoms with Gasteiger partial charge in [-0.2, -0.15) is 0 Å². The van der Waals surface area contributed by atoms with E-state index in [0.717, 1.165) is 6.92 Å². The van der Waals surface area contributed by atoms with Crippen LogP contribution in [-0.4, -0.2) is 188 Å². The van der Waals surface area contributed by atoms with Gasteiger partial charge in [0.25, 0.3) is 5.91 Å². The van der Waals surface area contributed by atoms with E-state index < -0.39 is 138 Å². The lowest BCUT2D eigenvalue weighted by molar-refractivity contribution is -0.145. The summed E-state index contributed by atoms with van der Waals surface area (Å²) in [6.07, 6.45) is 4.75. The Bertz CT molecular complexity index is 3360. The minimum atomic E-state index is -1.80. The number of ether oxygens (including phenoxy) is 2. The number of aromatic nitrogens is 3. The van der Waals surface area contributed by atoms with Crippen molar-refractivity contribution in [2.45, 2.75) is 166 Å². The highest BCUT2D eigenvalue weighted by Gasteiger charge is 2.40. The van der Waals surface area contributed by atoms with Gasteiger partial charge in [0.05, 0.1) is 18.5 Å². The quantitative estimate of drug-likeness (QED) is 0.00788. The lowest BCUT2D eigenvalue weighted by atomic mass is 10.0. The van der Waals surface area contributed by atoms with E-state index >= 15 is 0 Å². The first-order valence-corrected chi connectivity index (χ1v) is 30.7. The number of carbonyl (C=O) groups is 12. The lowest BCUT2D eigenvalue weighted by Crippen LogP contribution is -2.62. The molecule has 33 heteroatoms. The monoisotopic (exact) mass is 1310 g/mol. The Labute approximate surface area is 541 Å². The predicted molar refractivity (Wildman–Crippen MR) is 338 cm³/mol. The number of guanidine groups is 1. The molecule has 0 saturated carbocycles. The molecule has 4 aromatic rings. The molecule has 2 aromatic heterocycles. The molecule has 2 fully saturated rings. The topological polar surface area (TPSA) is 502 Å². The van der Waals surface area contributed by atoms with Crippen molar-refractivity contribution in [2.24, 2.45) is 28.1 Å². The molecule has 4 heterocycles. The van der Waals surface area contributed by atoms with E-state index in [1.54, 1.807) is 65.1 Å². The van der Waals surface area contributed by atoms with Crippen LogP contribution in [-0.2, 0) is 81.5 Å². The van der Waals surface area contributed by atoms with Crippen LogP contribution < -0.4 is 70.6 Å². The number of nitrogens with one attached hydrogen (secondary N) is 12. The first kappa shape index (κ1) is 72.7. The van der Waals surface area contributed by atoms with Crippen molar-refractivity contribution in [3.8, 4) is 5.75 Å². The van der Waals surface area contributed by atoms with Crippen molar-refractivity contribution in [1.82, 2.24) is 73.2 Å². The number of nitrogens with two attached hydrogens (primary N) is 3. The highest BCUT2D eigenvalue weighted by molar-refractivity contribution is 6.00. The maximum atomic E-state index is 14.9. The SMILES string of the molecule is CC(=O)OC[C@@H](NC(=O)[C@H](Cc1c[nH]c2ccccc12)NC(=O)[C@H](Cc1cnc[nH]1)NC(=O)[C@@H]1CCC(=O)N1)C(=O)N[C@@H](Cc1ccc(O)cc1)C(=O)N[C@@H](COC(C)(C)C)C(=O)N[C@@H](CC(C)C)C(=O)N[C@@H](CCCN=C(N)N)C(=O)N1CCC[C@H]1C(=O)NNC(N)=O. The normalized spacial score (nSPS) is 16.7. The number of benzene rings is 2. The van der Waals surface area contributed by atoms with E-state index in [0.29, 0.717) is 34.1 Å². The smallest absolute Gasteiger partial charge is 0.330 e. The summed E-state index contributed by atoms with van der Waals surface area (Å²) in [7, 11) is 0. The molecule has 0 radical (unpaired) electrons. The number of hydrogen-bond donors (Lipinski definition) is 16. The van der Waals surface area contributed by atoms with Gasteiger partial charge < -0.3 is 89.2 Å². The number of rotatable bonds is 32. The van der Waals surface area contributed by atoms with E-state index in [4.69, 9.17) is 26.7 Å². The molecule has 33 nitrogen and oxygen atoms in total. The third-order valence-electron chi connectivity index (χ3n) is 15.1. The molecule has 2 saturated heterocycles. The van der Waals surface area contributed by atoms with E-state index in [9.17, 15) is 62.6 Å². The zero-order valence-electron chi connectivity index (χ0n) is 53.3. The molecule has 2 aromatic carbocycles. The first-order valence-electron chi connectivity index (χ1n) is 30.7. The number of phenols is 1. The maximum absolute atomic E-state index is 14.9. The van der Waals surface area contributed by atoms with Crippen LogP contribution in [0.25, 0.3) is 10.9 Å². The number of fused-ring (bicyclic) bond motifs is 1. The second-order valence-electron chi connectivity index (χ2n) is 24.3. The number of para-hydroxylation sites is 1. The number of likely N-dealkylation sites (tertiary alicyclic amines) is 1. The lowest BCUT2D eigenvalue weighted by Gasteiger charge is -2.31. The van der Waals surface area contributed by atoms with Crippen LogP contribution in [0.2, 0.25) is 0 Å². The standard InChI is InChI=1S/C61H86N18O15/c1-32(2)23-42(51(84)70-41(13-9-21-66-59(62)63)58(91)79-22-10-14-48(79)57(90)77-78-60(64)92)71-56(89)47(30-94-61(4,5)6)76-52(85)43(24-34-15-17-37(81)18-16-34)72-55(88)46(29-93-33(3)80)75-53(86)44(25-35-27-67-39-12-8-7-11-38(35)39)73-54(87)45(26-36-28-65-31-68-36)74-50(83)40-19-20-49(82)69-40/h7-8,11-12,15-18,27-28,31-32,40-48,67,81H,9-10,13-14,19-26,29-30H2,1-6H3,(H,65,68)(H,69,82)(H,70,84)(H,71,89)(H,72,88)(H,73,87)(H,74,83)(H,75,86)(H,76,85)(H,77,90)(H4,62,63,66)(H3,64,78,92)/t40-,41-,42-,43-,44-,45-,46+,47-,48-/m0/s1. The number of aromatic hydroxyl groups is 1. The fraction of sp³-hybridized carbons (Fsp3) is 0.508. The fourth-order valence-corrected chi connectivity index (χ4v) is 10.4. The number of esters is 1. The molecule has 510 valence electrons. The van der Waals surface area contributed by atoms with Gasteiger partial charge in [-0.05, 0) is 94.5 Å². The Morgan fingerprint density at radius 1 is 0.713 bits per heavy atom. The zero-order chi connectivity index (χ0) is 68.8. The van der Waals surface area contributed by atoms with Gasteiger partial charge in [0.15, 0.2) is 5.96 Å². The van der Waals surface area contributed by atoms with E-state index in [-0.39, 0.29) is 94.4 Å². The minimum absolute atomic E-state index is 0.00819. The predicted octanol–water partition coefficient (Wildman–Crippen LogP) is -2.53. The Hall–Kier alpha value is -10.3. The molecule has 6 rings (SSSR count). The maximum Gasteiger partial charge on any atom is 0.330 e. The number of hydrogen-bond acceptors (Lipinski definition) is 17. The Balaban J connectivity index is 1.28. The molecule has 0 spiro atoms. The van der Waals surface area contributed by atoms with Crippen molar-refractivity contribution in [1.29, 1.82) is 0 Å². The number of nitrogens with zero attached hydrogens (tertiary/aromatic N) is 3. The van der Waals surface area contributed by atoms with Gasteiger partial charge >= 0.3 is 12.0 Å². The number of aliphatic imine (C=N–C) groups is 1. The van der Waals surface area contributed by atoms with Crippen molar-refractivity contribution in [3.05, 3.63) is 84.1 Å². The number of carbonyl (C=O) groups excluding carboxylic acids is 12. The van der Waals surface area contributed by atoms with Crippen molar-refractivity contribution >= 4 is 87.9 Å². The first-order chi connectivity index (χ1) is 44.5. The summed E-state index contributed by atoms with van der Waals surface area (Å²) in [5.41, 5.74) is 21.5. The Morgan fingerprint density at radius 3 is 1.90 bits per heavy atom. The highest BCUT2D eigenvalue weighted by atomic mass is 16.5. The fourth-order valence-electron chi connectivity index (χ4n) is 10.4. The molecule has 19 N–H and O–H groups in total. The van der Waals surface area contributed by atoms with Crippen molar-refractivity contribution in [3.63, 3.8) is 0 Å². The van der Waals surface area contributed by atoms with Crippen molar-refractivity contribution in [2.75, 3.05) is 26.3 Å². The number of primary amides is 1. The van der Waals surface area contributed by atoms with Gasteiger partial charge in [-0.3, -0.25) is 63.2 Å². The van der Waals surface area contributed by atoms with E-state index in [1.165, 1.54) is 41.7 Å². The summed E-state index contributed by atoms with van der Waals surface area (Å²) < 4.78 is 11.3. The molecule has 94 heavy (non-hydrogen) atoms. The number of amides is 12. The second-order valence-corrected chi connectivity index (χ2v) is 24.3. The Morgan fingerprint density at radius 2 is 1.31 bits per heavy atom. The van der Waals surface area contributed by atoms with Crippen LogP contribution in [0.5, 0.6) is 5.75 Å². The summed E-state index contributed by atoms with van der Waals surface area (Å²) in [6.45, 7) is 8.50. The van der Waals surface area contributed by atoms with Gasteiger partial charge in [0.1, 0.15) is 66.7 Å². The molecule has 0 aliphatic carbocycles. The van der Waals surface area contributed by atoms with Crippen LogP contribution in [0.3, 0.4) is 0 Å². The molecular formula is C61H86N18O15. The van der Waals surface area contributed by atoms with Gasteiger partial charge in [0, 0.05) is 74.7 Å². The summed E-state index contributed by atoms with van der Waals surface area (Å²) in [5, 5.41) is 32.1. The highest BCUT2D eigenvalue weighted by Crippen LogP contribution is 2.22. The number of H-pyrrole nitrogens is 2. The third-order valence-corrected chi connectivity index (χ3v) is 15.1. The summed E-state index contributed by atoms with van der Waals surface area (Å²) in [6, 6.07) is -0.949. The molecule has 2 aliphatic heterocycles. The van der Waals surface area contributed by atoms with Crippen LogP contribution in [0, 0.1) is 5.92 Å². The molecule has 0 bridgehead atoms. The summed E-state index contributed by atoms with van der Waals surface area (Å²) in [5.74, 6) is -9.60. The van der Waals surface area contributed by atoms with Gasteiger partial charge in [-0.25, -0.2) is 15.2 Å². The van der Waals surface area contributed by atoms with E-state index in [1.807, 2.05) is 5.43 Å². The molecule has 12 amide bonds. The number of imidazole rings is 1. The zero-order valence-corrected chi connectivity index (χ0v) is 53.3. The number of aromatic amines is 2. The van der Waals surface area contributed by atoms with Gasteiger partial charge in [0.2, 0.25) is 53.2 Å². The molecular weight excluding hydrogens is 1220 g/mol. The largest absolute Gasteiger partial charge is 0.508 e. The number of urea groups is 1.